The lowest BCUT2D eigenvalue weighted by Gasteiger charge is -2.37. The molecule has 7 nitrogen and oxygen atoms in total. The SMILES string of the molecule is CCNC(=NCc1nc(C)c(C)s1)NCC(C1CCOC1)N1CCOCC1.I. The highest BCUT2D eigenvalue weighted by molar-refractivity contribution is 14.0. The van der Waals surface area contributed by atoms with Crippen molar-refractivity contribution in [3.05, 3.63) is 15.6 Å². The lowest BCUT2D eigenvalue weighted by Crippen LogP contribution is -2.53. The van der Waals surface area contributed by atoms with E-state index in [4.69, 9.17) is 14.5 Å². The monoisotopic (exact) mass is 523 g/mol. The minimum atomic E-state index is 0. The number of ether oxygens (including phenoxy) is 2. The number of aryl methyl sites for hydroxylation is 2. The Labute approximate surface area is 189 Å². The van der Waals surface area contributed by atoms with Gasteiger partial charge in [-0.25, -0.2) is 9.98 Å². The molecule has 0 aliphatic carbocycles. The molecule has 2 saturated heterocycles. The van der Waals surface area contributed by atoms with Crippen molar-refractivity contribution in [3.8, 4) is 0 Å². The van der Waals surface area contributed by atoms with E-state index in [0.29, 0.717) is 18.5 Å². The van der Waals surface area contributed by atoms with Crippen molar-refractivity contribution in [1.29, 1.82) is 0 Å². The quantitative estimate of drug-likeness (QED) is 0.325. The van der Waals surface area contributed by atoms with E-state index in [-0.39, 0.29) is 24.0 Å². The first-order chi connectivity index (χ1) is 13.2. The van der Waals surface area contributed by atoms with Crippen LogP contribution in [0.1, 0.15) is 28.9 Å². The molecule has 2 aliphatic rings. The number of hydrogen-bond acceptors (Lipinski definition) is 6. The topological polar surface area (TPSA) is 71.0 Å². The lowest BCUT2D eigenvalue weighted by molar-refractivity contribution is 0.00246. The number of nitrogens with one attached hydrogen (secondary N) is 2. The Hall–Kier alpha value is -0.490. The molecule has 0 spiro atoms. The number of halogens is 1. The summed E-state index contributed by atoms with van der Waals surface area (Å²) in [6.07, 6.45) is 1.13. The number of aliphatic imine (C=N–C) groups is 1. The van der Waals surface area contributed by atoms with Gasteiger partial charge in [-0.05, 0) is 27.2 Å². The van der Waals surface area contributed by atoms with Crippen LogP contribution in [-0.2, 0) is 16.0 Å². The fraction of sp³-hybridized carbons (Fsp3) is 0.789. The van der Waals surface area contributed by atoms with Crippen molar-refractivity contribution in [1.82, 2.24) is 20.5 Å². The lowest BCUT2D eigenvalue weighted by atomic mass is 9.97. The molecule has 3 heterocycles. The van der Waals surface area contributed by atoms with Gasteiger partial charge >= 0.3 is 0 Å². The molecule has 2 N–H and O–H groups in total. The van der Waals surface area contributed by atoms with Crippen LogP contribution in [0.3, 0.4) is 0 Å². The van der Waals surface area contributed by atoms with Crippen LogP contribution in [0, 0.1) is 19.8 Å². The fourth-order valence-corrected chi connectivity index (χ4v) is 4.51. The molecule has 0 amide bonds. The van der Waals surface area contributed by atoms with Gasteiger partial charge in [-0.15, -0.1) is 35.3 Å². The second-order valence-corrected chi connectivity index (χ2v) is 8.45. The summed E-state index contributed by atoms with van der Waals surface area (Å²) >= 11 is 1.73. The number of hydrogen-bond donors (Lipinski definition) is 2. The van der Waals surface area contributed by atoms with E-state index in [1.807, 2.05) is 0 Å². The van der Waals surface area contributed by atoms with Crippen molar-refractivity contribution in [2.45, 2.75) is 39.8 Å². The van der Waals surface area contributed by atoms with Crippen LogP contribution >= 0.6 is 35.3 Å². The second-order valence-electron chi connectivity index (χ2n) is 7.16. The average molecular weight is 523 g/mol. The van der Waals surface area contributed by atoms with Gasteiger partial charge in [0.25, 0.3) is 0 Å². The predicted molar refractivity (Wildman–Crippen MR) is 125 cm³/mol. The van der Waals surface area contributed by atoms with Crippen LogP contribution < -0.4 is 10.6 Å². The summed E-state index contributed by atoms with van der Waals surface area (Å²) in [5, 5.41) is 7.99. The molecular formula is C19H34IN5O2S. The molecule has 0 bridgehead atoms. The van der Waals surface area contributed by atoms with E-state index in [1.54, 1.807) is 11.3 Å². The van der Waals surface area contributed by atoms with E-state index >= 15 is 0 Å². The fourth-order valence-electron chi connectivity index (χ4n) is 3.66. The predicted octanol–water partition coefficient (Wildman–Crippen LogP) is 2.17. The minimum Gasteiger partial charge on any atom is -0.381 e. The molecule has 0 radical (unpaired) electrons. The van der Waals surface area contributed by atoms with Crippen LogP contribution in [0.15, 0.2) is 4.99 Å². The van der Waals surface area contributed by atoms with Gasteiger partial charge in [-0.1, -0.05) is 0 Å². The zero-order valence-electron chi connectivity index (χ0n) is 17.2. The first kappa shape index (κ1) is 23.8. The molecule has 3 rings (SSSR count). The van der Waals surface area contributed by atoms with Crippen molar-refractivity contribution < 1.29 is 9.47 Å². The normalized spacial score (nSPS) is 22.0. The second kappa shape index (κ2) is 12.3. The maximum atomic E-state index is 5.66. The van der Waals surface area contributed by atoms with Crippen LogP contribution in [0.25, 0.3) is 0 Å². The van der Waals surface area contributed by atoms with Gasteiger partial charge in [0.2, 0.25) is 0 Å². The molecule has 2 aliphatic heterocycles. The summed E-state index contributed by atoms with van der Waals surface area (Å²) in [5.74, 6) is 1.43. The number of rotatable bonds is 7. The molecule has 2 fully saturated rings. The van der Waals surface area contributed by atoms with E-state index in [2.05, 4.69) is 41.3 Å². The van der Waals surface area contributed by atoms with Crippen molar-refractivity contribution in [2.75, 3.05) is 52.6 Å². The Morgan fingerprint density at radius 1 is 1.25 bits per heavy atom. The van der Waals surface area contributed by atoms with Gasteiger partial charge in [0.1, 0.15) is 5.01 Å². The molecule has 0 aromatic carbocycles. The summed E-state index contributed by atoms with van der Waals surface area (Å²) in [5.41, 5.74) is 1.11. The Balaban J connectivity index is 0.00000280. The third-order valence-corrected chi connectivity index (χ3v) is 6.35. The highest BCUT2D eigenvalue weighted by Crippen LogP contribution is 2.22. The Morgan fingerprint density at radius 3 is 2.64 bits per heavy atom. The highest BCUT2D eigenvalue weighted by Gasteiger charge is 2.31. The van der Waals surface area contributed by atoms with Gasteiger partial charge in [0, 0.05) is 49.6 Å². The smallest absolute Gasteiger partial charge is 0.191 e. The molecule has 2 atom stereocenters. The number of nitrogens with zero attached hydrogens (tertiary/aromatic N) is 3. The van der Waals surface area contributed by atoms with Crippen molar-refractivity contribution >= 4 is 41.3 Å². The molecule has 9 heteroatoms. The highest BCUT2D eigenvalue weighted by atomic mass is 127. The molecule has 160 valence electrons. The summed E-state index contributed by atoms with van der Waals surface area (Å²) < 4.78 is 11.2. The van der Waals surface area contributed by atoms with Gasteiger partial charge in [0.15, 0.2) is 5.96 Å². The molecular weight excluding hydrogens is 489 g/mol. The number of thiazole rings is 1. The van der Waals surface area contributed by atoms with E-state index in [9.17, 15) is 0 Å². The Kier molecular flexibility index (Phi) is 10.4. The molecule has 0 saturated carbocycles. The molecule has 28 heavy (non-hydrogen) atoms. The van der Waals surface area contributed by atoms with Crippen LogP contribution in [0.4, 0.5) is 0 Å². The Bertz CT molecular complexity index is 596. The molecule has 1 aromatic heterocycles. The third kappa shape index (κ3) is 6.79. The number of guanidine groups is 1. The largest absolute Gasteiger partial charge is 0.381 e. The first-order valence-electron chi connectivity index (χ1n) is 10.0. The van der Waals surface area contributed by atoms with Gasteiger partial charge in [-0.2, -0.15) is 0 Å². The van der Waals surface area contributed by atoms with Gasteiger partial charge < -0.3 is 20.1 Å². The zero-order chi connectivity index (χ0) is 19.1. The maximum absolute atomic E-state index is 5.66. The number of aromatic nitrogens is 1. The molecule has 1 aromatic rings. The summed E-state index contributed by atoms with van der Waals surface area (Å²) in [4.78, 5) is 13.2. The summed E-state index contributed by atoms with van der Waals surface area (Å²) in [6, 6.07) is 0.449. The van der Waals surface area contributed by atoms with Crippen molar-refractivity contribution in [2.24, 2.45) is 10.9 Å². The average Bonchev–Trinajstić information content (AvgIpc) is 3.31. The van der Waals surface area contributed by atoms with Crippen LogP contribution in [0.5, 0.6) is 0 Å². The third-order valence-electron chi connectivity index (χ3n) is 5.29. The minimum absolute atomic E-state index is 0. The maximum Gasteiger partial charge on any atom is 0.191 e. The van der Waals surface area contributed by atoms with E-state index in [0.717, 1.165) is 75.7 Å². The summed E-state index contributed by atoms with van der Waals surface area (Å²) in [7, 11) is 0. The van der Waals surface area contributed by atoms with Gasteiger partial charge in [-0.3, -0.25) is 4.90 Å². The van der Waals surface area contributed by atoms with Crippen molar-refractivity contribution in [3.63, 3.8) is 0 Å². The first-order valence-corrected chi connectivity index (χ1v) is 10.8. The van der Waals surface area contributed by atoms with E-state index in [1.165, 1.54) is 4.88 Å². The van der Waals surface area contributed by atoms with Gasteiger partial charge in [0.05, 0.1) is 32.1 Å². The number of morpholine rings is 1. The summed E-state index contributed by atoms with van der Waals surface area (Å²) in [6.45, 7) is 14.0. The van der Waals surface area contributed by atoms with E-state index < -0.39 is 0 Å². The zero-order valence-corrected chi connectivity index (χ0v) is 20.3. The Morgan fingerprint density at radius 2 is 2.04 bits per heavy atom. The standard InChI is InChI=1S/C19H33N5O2S.HI/c1-4-20-19(22-12-18-23-14(2)15(3)27-18)21-11-17(16-5-8-26-13-16)24-6-9-25-10-7-24;/h16-17H,4-13H2,1-3H3,(H2,20,21,22);1H. The van der Waals surface area contributed by atoms with Crippen LogP contribution in [-0.4, -0.2) is 74.5 Å². The van der Waals surface area contributed by atoms with Crippen LogP contribution in [0.2, 0.25) is 0 Å². The molecule has 2 unspecified atom stereocenters.